The molecular formula is C10H19N5O. The average Bonchev–Trinajstić information content (AvgIpc) is 2.29. The minimum absolute atomic E-state index is 0.371. The van der Waals surface area contributed by atoms with Gasteiger partial charge in [-0.05, 0) is 20.3 Å². The van der Waals surface area contributed by atoms with Crippen molar-refractivity contribution in [1.29, 1.82) is 0 Å². The molecule has 1 aromatic heterocycles. The first-order valence-corrected chi connectivity index (χ1v) is 5.32. The summed E-state index contributed by atoms with van der Waals surface area (Å²) in [6.07, 6.45) is 0.335. The number of hydrogen-bond donors (Lipinski definition) is 4. The van der Waals surface area contributed by atoms with Gasteiger partial charge in [-0.1, -0.05) is 6.92 Å². The highest BCUT2D eigenvalue weighted by atomic mass is 16.3. The van der Waals surface area contributed by atoms with E-state index in [1.807, 2.05) is 13.8 Å². The highest BCUT2D eigenvalue weighted by Crippen LogP contribution is 2.18. The summed E-state index contributed by atoms with van der Waals surface area (Å²) >= 11 is 0. The number of aliphatic hydroxyl groups is 1. The van der Waals surface area contributed by atoms with Crippen LogP contribution in [0.5, 0.6) is 0 Å². The summed E-state index contributed by atoms with van der Waals surface area (Å²) in [6, 6.07) is 0. The molecule has 0 amide bonds. The molecule has 1 heterocycles. The molecule has 1 rings (SSSR count). The van der Waals surface area contributed by atoms with Gasteiger partial charge in [0.15, 0.2) is 0 Å². The van der Waals surface area contributed by atoms with Gasteiger partial charge in [-0.25, -0.2) is 15.8 Å². The Hall–Kier alpha value is -1.40. The lowest BCUT2D eigenvalue weighted by molar-refractivity contribution is 0.183. The summed E-state index contributed by atoms with van der Waals surface area (Å²) in [5.74, 6) is 7.28. The average molecular weight is 225 g/mol. The summed E-state index contributed by atoms with van der Waals surface area (Å²) in [6.45, 7) is 6.06. The van der Waals surface area contributed by atoms with Crippen molar-refractivity contribution in [2.75, 3.05) is 17.3 Å². The lowest BCUT2D eigenvalue weighted by Crippen LogP contribution is -2.20. The van der Waals surface area contributed by atoms with Crippen LogP contribution in [-0.4, -0.2) is 27.7 Å². The highest BCUT2D eigenvalue weighted by molar-refractivity contribution is 5.56. The van der Waals surface area contributed by atoms with Gasteiger partial charge in [0.1, 0.15) is 17.5 Å². The molecule has 0 aliphatic rings. The number of aromatic nitrogens is 2. The van der Waals surface area contributed by atoms with E-state index in [1.54, 1.807) is 6.92 Å². The summed E-state index contributed by atoms with van der Waals surface area (Å²) in [5.41, 5.74) is 3.37. The fraction of sp³-hybridized carbons (Fsp3) is 0.600. The van der Waals surface area contributed by atoms with E-state index in [0.717, 1.165) is 5.56 Å². The standard InChI is InChI=1S/C10H19N5O/c1-4-8(16)5-12-9-6(2)10(15-11)14-7(3)13-9/h8,16H,4-5,11H2,1-3H3,(H2,12,13,14,15). The maximum atomic E-state index is 9.46. The molecule has 16 heavy (non-hydrogen) atoms. The van der Waals surface area contributed by atoms with Crippen LogP contribution in [0, 0.1) is 13.8 Å². The van der Waals surface area contributed by atoms with E-state index in [0.29, 0.717) is 30.4 Å². The zero-order chi connectivity index (χ0) is 12.1. The van der Waals surface area contributed by atoms with Crippen LogP contribution in [0.15, 0.2) is 0 Å². The molecule has 0 radical (unpaired) electrons. The van der Waals surface area contributed by atoms with E-state index in [2.05, 4.69) is 20.7 Å². The Morgan fingerprint density at radius 1 is 1.31 bits per heavy atom. The fourth-order valence-corrected chi connectivity index (χ4v) is 1.30. The van der Waals surface area contributed by atoms with Gasteiger partial charge >= 0.3 is 0 Å². The third-order valence-electron chi connectivity index (χ3n) is 2.37. The number of anilines is 2. The number of nitrogen functional groups attached to an aromatic ring is 1. The molecule has 0 aliphatic heterocycles. The smallest absolute Gasteiger partial charge is 0.148 e. The van der Waals surface area contributed by atoms with Crippen LogP contribution < -0.4 is 16.6 Å². The summed E-state index contributed by atoms with van der Waals surface area (Å²) in [5, 5.41) is 12.5. The Balaban J connectivity index is 2.83. The van der Waals surface area contributed by atoms with E-state index in [4.69, 9.17) is 5.84 Å². The molecule has 90 valence electrons. The van der Waals surface area contributed by atoms with Gasteiger partial charge in [0.2, 0.25) is 0 Å². The SMILES string of the molecule is CCC(O)CNc1nc(C)nc(NN)c1C. The van der Waals surface area contributed by atoms with Crippen molar-refractivity contribution in [2.45, 2.75) is 33.3 Å². The van der Waals surface area contributed by atoms with Gasteiger partial charge in [-0.2, -0.15) is 0 Å². The van der Waals surface area contributed by atoms with Crippen LogP contribution in [-0.2, 0) is 0 Å². The Morgan fingerprint density at radius 3 is 2.50 bits per heavy atom. The number of aryl methyl sites for hydroxylation is 1. The second-order valence-electron chi connectivity index (χ2n) is 3.68. The number of aliphatic hydroxyl groups excluding tert-OH is 1. The number of hydrazine groups is 1. The van der Waals surface area contributed by atoms with Crippen LogP contribution in [0.2, 0.25) is 0 Å². The first-order valence-electron chi connectivity index (χ1n) is 5.32. The fourth-order valence-electron chi connectivity index (χ4n) is 1.30. The predicted octanol–water partition coefficient (Wildman–Crippen LogP) is 0.562. The minimum atomic E-state index is -0.371. The molecule has 0 aromatic carbocycles. The van der Waals surface area contributed by atoms with Gasteiger partial charge < -0.3 is 15.8 Å². The lowest BCUT2D eigenvalue weighted by atomic mass is 10.2. The molecule has 0 saturated heterocycles. The van der Waals surface area contributed by atoms with Crippen molar-refractivity contribution < 1.29 is 5.11 Å². The first-order chi connectivity index (χ1) is 7.58. The zero-order valence-corrected chi connectivity index (χ0v) is 9.91. The molecule has 0 bridgehead atoms. The Bertz CT molecular complexity index is 355. The summed E-state index contributed by atoms with van der Waals surface area (Å²) in [4.78, 5) is 8.41. The highest BCUT2D eigenvalue weighted by Gasteiger charge is 2.09. The molecule has 1 unspecified atom stereocenters. The molecule has 6 heteroatoms. The second kappa shape index (κ2) is 5.62. The summed E-state index contributed by atoms with van der Waals surface area (Å²) in [7, 11) is 0. The van der Waals surface area contributed by atoms with E-state index in [9.17, 15) is 5.11 Å². The molecule has 0 spiro atoms. The number of nitrogens with one attached hydrogen (secondary N) is 2. The predicted molar refractivity (Wildman–Crippen MR) is 64.1 cm³/mol. The van der Waals surface area contributed by atoms with Crippen LogP contribution >= 0.6 is 0 Å². The molecule has 0 aliphatic carbocycles. The maximum absolute atomic E-state index is 9.46. The number of nitrogens with two attached hydrogens (primary N) is 1. The number of rotatable bonds is 5. The van der Waals surface area contributed by atoms with Gasteiger partial charge in [-0.3, -0.25) is 0 Å². The van der Waals surface area contributed by atoms with Crippen molar-refractivity contribution >= 4 is 11.6 Å². The monoisotopic (exact) mass is 225 g/mol. The van der Waals surface area contributed by atoms with Crippen LogP contribution in [0.1, 0.15) is 24.7 Å². The molecule has 1 atom stereocenters. The zero-order valence-electron chi connectivity index (χ0n) is 9.91. The van der Waals surface area contributed by atoms with Gasteiger partial charge in [-0.15, -0.1) is 0 Å². The Labute approximate surface area is 95.3 Å². The van der Waals surface area contributed by atoms with Crippen molar-refractivity contribution in [3.8, 4) is 0 Å². The minimum Gasteiger partial charge on any atom is -0.391 e. The van der Waals surface area contributed by atoms with Crippen LogP contribution in [0.4, 0.5) is 11.6 Å². The molecule has 5 N–H and O–H groups in total. The maximum Gasteiger partial charge on any atom is 0.148 e. The Morgan fingerprint density at radius 2 is 1.94 bits per heavy atom. The third kappa shape index (κ3) is 3.04. The quantitative estimate of drug-likeness (QED) is 0.432. The topological polar surface area (TPSA) is 96.1 Å². The molecule has 0 fully saturated rings. The summed E-state index contributed by atoms with van der Waals surface area (Å²) < 4.78 is 0. The third-order valence-corrected chi connectivity index (χ3v) is 2.37. The second-order valence-corrected chi connectivity index (χ2v) is 3.68. The normalized spacial score (nSPS) is 12.3. The molecule has 1 aromatic rings. The number of hydrogen-bond acceptors (Lipinski definition) is 6. The molecule has 6 nitrogen and oxygen atoms in total. The van der Waals surface area contributed by atoms with Crippen LogP contribution in [0.25, 0.3) is 0 Å². The van der Waals surface area contributed by atoms with Crippen molar-refractivity contribution in [3.63, 3.8) is 0 Å². The number of nitrogens with zero attached hydrogens (tertiary/aromatic N) is 2. The Kier molecular flexibility index (Phi) is 4.45. The van der Waals surface area contributed by atoms with Gasteiger partial charge in [0, 0.05) is 12.1 Å². The largest absolute Gasteiger partial charge is 0.391 e. The van der Waals surface area contributed by atoms with Crippen molar-refractivity contribution in [1.82, 2.24) is 9.97 Å². The van der Waals surface area contributed by atoms with Crippen molar-refractivity contribution in [3.05, 3.63) is 11.4 Å². The van der Waals surface area contributed by atoms with Gasteiger partial charge in [0.05, 0.1) is 6.10 Å². The van der Waals surface area contributed by atoms with Gasteiger partial charge in [0.25, 0.3) is 0 Å². The first kappa shape index (κ1) is 12.7. The van der Waals surface area contributed by atoms with Crippen molar-refractivity contribution in [2.24, 2.45) is 5.84 Å². The molecule has 0 saturated carbocycles. The molecular weight excluding hydrogens is 206 g/mol. The van der Waals surface area contributed by atoms with E-state index in [-0.39, 0.29) is 6.10 Å². The lowest BCUT2D eigenvalue weighted by Gasteiger charge is -2.14. The van der Waals surface area contributed by atoms with E-state index in [1.165, 1.54) is 0 Å². The van der Waals surface area contributed by atoms with Crippen LogP contribution in [0.3, 0.4) is 0 Å². The van der Waals surface area contributed by atoms with E-state index < -0.39 is 0 Å². The van der Waals surface area contributed by atoms with E-state index >= 15 is 0 Å².